The third-order valence-electron chi connectivity index (χ3n) is 6.28. The van der Waals surface area contributed by atoms with Gasteiger partial charge in [-0.05, 0) is 24.0 Å². The van der Waals surface area contributed by atoms with Crippen LogP contribution < -0.4 is 5.32 Å². The largest absolute Gasteiger partial charge is 0.378 e. The zero-order valence-corrected chi connectivity index (χ0v) is 19.4. The van der Waals surface area contributed by atoms with E-state index in [9.17, 15) is 14.4 Å². The van der Waals surface area contributed by atoms with Crippen molar-refractivity contribution in [3.05, 3.63) is 46.1 Å². The fraction of sp³-hybridized carbons (Fsp3) is 0.522. The van der Waals surface area contributed by atoms with E-state index in [2.05, 4.69) is 5.32 Å². The van der Waals surface area contributed by atoms with Gasteiger partial charge >= 0.3 is 6.03 Å². The summed E-state index contributed by atoms with van der Waals surface area (Å²) in [5.74, 6) is -0.0808. The minimum atomic E-state index is -0.655. The summed E-state index contributed by atoms with van der Waals surface area (Å²) in [6.45, 7) is 6.33. The van der Waals surface area contributed by atoms with Gasteiger partial charge in [0.05, 0.1) is 37.1 Å². The number of amides is 4. The first-order chi connectivity index (χ1) is 15.3. The predicted molar refractivity (Wildman–Crippen MR) is 120 cm³/mol. The number of hydrogen-bond acceptors (Lipinski definition) is 4. The van der Waals surface area contributed by atoms with Gasteiger partial charge < -0.3 is 19.9 Å². The first-order valence-electron chi connectivity index (χ1n) is 11.0. The first-order valence-corrected chi connectivity index (χ1v) is 11.4. The quantitative estimate of drug-likeness (QED) is 0.731. The van der Waals surface area contributed by atoms with Gasteiger partial charge in [0.1, 0.15) is 6.04 Å². The Hall–Kier alpha value is -2.58. The maximum Gasteiger partial charge on any atom is 0.322 e. The number of rotatable bonds is 5. The predicted octanol–water partition coefficient (Wildman–Crippen LogP) is 2.41. The lowest BCUT2D eigenvalue weighted by Gasteiger charge is -2.35. The van der Waals surface area contributed by atoms with Crippen LogP contribution in [0.4, 0.5) is 4.79 Å². The molecule has 0 bridgehead atoms. The van der Waals surface area contributed by atoms with Gasteiger partial charge in [0, 0.05) is 25.2 Å². The molecule has 1 fully saturated rings. The molecule has 9 heteroatoms. The van der Waals surface area contributed by atoms with E-state index in [-0.39, 0.29) is 30.3 Å². The Morgan fingerprint density at radius 2 is 1.91 bits per heavy atom. The molecule has 3 aliphatic heterocycles. The molecule has 1 N–H and O–H groups in total. The number of morpholine rings is 1. The molecule has 3 aliphatic rings. The molecule has 0 saturated carbocycles. The molecule has 2 atom stereocenters. The zero-order valence-electron chi connectivity index (χ0n) is 18.6. The second-order valence-electron chi connectivity index (χ2n) is 8.84. The average molecular weight is 461 g/mol. The van der Waals surface area contributed by atoms with Crippen molar-refractivity contribution in [1.29, 1.82) is 0 Å². The molecule has 2 unspecified atom stereocenters. The van der Waals surface area contributed by atoms with E-state index in [1.54, 1.807) is 29.0 Å². The molecule has 0 spiro atoms. The van der Waals surface area contributed by atoms with Crippen molar-refractivity contribution < 1.29 is 19.1 Å². The minimum absolute atomic E-state index is 0.0635. The lowest BCUT2D eigenvalue weighted by Crippen LogP contribution is -2.53. The van der Waals surface area contributed by atoms with Gasteiger partial charge in [0.25, 0.3) is 5.91 Å². The van der Waals surface area contributed by atoms with E-state index in [1.807, 2.05) is 26.0 Å². The number of halogens is 1. The highest BCUT2D eigenvalue weighted by Crippen LogP contribution is 2.39. The van der Waals surface area contributed by atoms with Crippen molar-refractivity contribution in [2.75, 3.05) is 39.9 Å². The summed E-state index contributed by atoms with van der Waals surface area (Å²) in [7, 11) is 1.64. The average Bonchev–Trinajstić information content (AvgIpc) is 3.12. The number of benzene rings is 1. The van der Waals surface area contributed by atoms with E-state index in [4.69, 9.17) is 16.3 Å². The topological polar surface area (TPSA) is 82.2 Å². The van der Waals surface area contributed by atoms with Crippen molar-refractivity contribution in [2.45, 2.75) is 32.4 Å². The van der Waals surface area contributed by atoms with Crippen molar-refractivity contribution in [1.82, 2.24) is 20.0 Å². The molecule has 8 nitrogen and oxygen atoms in total. The third-order valence-corrected chi connectivity index (χ3v) is 6.63. The van der Waals surface area contributed by atoms with Crippen molar-refractivity contribution in [2.24, 2.45) is 5.92 Å². The smallest absolute Gasteiger partial charge is 0.322 e. The van der Waals surface area contributed by atoms with Crippen molar-refractivity contribution >= 4 is 29.4 Å². The maximum atomic E-state index is 13.7. The van der Waals surface area contributed by atoms with Crippen LogP contribution in [0.15, 0.2) is 35.5 Å². The molecule has 4 rings (SSSR count). The fourth-order valence-electron chi connectivity index (χ4n) is 4.58. The number of nitrogens with zero attached hydrogens (tertiary/aromatic N) is 3. The summed E-state index contributed by atoms with van der Waals surface area (Å²) in [5.41, 5.74) is 1.76. The molecule has 172 valence electrons. The number of hydrogen-bond donors (Lipinski definition) is 1. The van der Waals surface area contributed by atoms with Crippen molar-refractivity contribution in [3.63, 3.8) is 0 Å². The Labute approximate surface area is 193 Å². The van der Waals surface area contributed by atoms with Crippen LogP contribution in [-0.4, -0.2) is 78.5 Å². The van der Waals surface area contributed by atoms with Gasteiger partial charge in [0.15, 0.2) is 0 Å². The van der Waals surface area contributed by atoms with Crippen LogP contribution in [0, 0.1) is 5.92 Å². The Kier molecular flexibility index (Phi) is 6.44. The van der Waals surface area contributed by atoms with Crippen LogP contribution in [0.1, 0.15) is 31.9 Å². The molecule has 1 saturated heterocycles. The molecule has 4 amide bonds. The van der Waals surface area contributed by atoms with Gasteiger partial charge in [0.2, 0.25) is 5.91 Å². The van der Waals surface area contributed by atoms with E-state index in [0.29, 0.717) is 54.6 Å². The molecular formula is C23H29ClN4O4. The molecule has 3 heterocycles. The fourth-order valence-corrected chi connectivity index (χ4v) is 4.83. The monoisotopic (exact) mass is 460 g/mol. The molecule has 1 aromatic carbocycles. The highest BCUT2D eigenvalue weighted by atomic mass is 35.5. The standard InChI is InChI=1S/C23H29ClN4O4/c1-14(2)12-17(21(29)27-8-10-32-11-9-27)28-13-18-19(22(28)30)20(25-23(31)26(18)3)15-6-4-5-7-16(15)24/h4-7,14,17,20H,8-13H2,1-3H3,(H,25,31). The first kappa shape index (κ1) is 22.6. The summed E-state index contributed by atoms with van der Waals surface area (Å²) >= 11 is 6.41. The number of urea groups is 1. The van der Waals surface area contributed by atoms with E-state index in [1.165, 1.54) is 4.90 Å². The van der Waals surface area contributed by atoms with Gasteiger partial charge in [-0.2, -0.15) is 0 Å². The van der Waals surface area contributed by atoms with Gasteiger partial charge in [-0.1, -0.05) is 43.6 Å². The minimum Gasteiger partial charge on any atom is -0.378 e. The van der Waals surface area contributed by atoms with Crippen LogP contribution >= 0.6 is 11.6 Å². The van der Waals surface area contributed by atoms with Crippen molar-refractivity contribution in [3.8, 4) is 0 Å². The maximum absolute atomic E-state index is 13.7. The second kappa shape index (κ2) is 9.11. The number of ether oxygens (including phenoxy) is 1. The summed E-state index contributed by atoms with van der Waals surface area (Å²) in [6.07, 6.45) is 0.546. The second-order valence-corrected chi connectivity index (χ2v) is 9.25. The molecule has 0 radical (unpaired) electrons. The summed E-state index contributed by atoms with van der Waals surface area (Å²) in [5, 5.41) is 3.38. The zero-order chi connectivity index (χ0) is 23.0. The summed E-state index contributed by atoms with van der Waals surface area (Å²) in [6, 6.07) is 5.63. The number of carbonyl (C=O) groups excluding carboxylic acids is 3. The Bertz CT molecular complexity index is 957. The Balaban J connectivity index is 1.68. The van der Waals surface area contributed by atoms with Crippen LogP contribution in [0.25, 0.3) is 0 Å². The van der Waals surface area contributed by atoms with Gasteiger partial charge in [-0.25, -0.2) is 4.79 Å². The molecule has 32 heavy (non-hydrogen) atoms. The van der Waals surface area contributed by atoms with Crippen LogP contribution in [0.2, 0.25) is 5.02 Å². The van der Waals surface area contributed by atoms with Crippen LogP contribution in [0.5, 0.6) is 0 Å². The van der Waals surface area contributed by atoms with Gasteiger partial charge in [-0.3, -0.25) is 14.5 Å². The number of likely N-dealkylation sites (N-methyl/N-ethyl adjacent to an activating group) is 1. The highest BCUT2D eigenvalue weighted by molar-refractivity contribution is 6.31. The normalized spacial score (nSPS) is 22.4. The lowest BCUT2D eigenvalue weighted by atomic mass is 9.95. The van der Waals surface area contributed by atoms with E-state index < -0.39 is 12.1 Å². The molecular weight excluding hydrogens is 432 g/mol. The Morgan fingerprint density at radius 3 is 2.56 bits per heavy atom. The number of carbonyl (C=O) groups is 3. The summed E-state index contributed by atoms with van der Waals surface area (Å²) < 4.78 is 5.39. The Morgan fingerprint density at radius 1 is 1.22 bits per heavy atom. The van der Waals surface area contributed by atoms with E-state index >= 15 is 0 Å². The van der Waals surface area contributed by atoms with Crippen LogP contribution in [-0.2, 0) is 14.3 Å². The molecule has 1 aromatic rings. The summed E-state index contributed by atoms with van der Waals surface area (Å²) in [4.78, 5) is 44.8. The van der Waals surface area contributed by atoms with Gasteiger partial charge in [-0.15, -0.1) is 0 Å². The molecule has 0 aromatic heterocycles. The SMILES string of the molecule is CC(C)CC(C(=O)N1CCOCC1)N1CC2=C(C1=O)C(c1ccccc1Cl)NC(=O)N2C. The highest BCUT2D eigenvalue weighted by Gasteiger charge is 2.47. The van der Waals surface area contributed by atoms with E-state index in [0.717, 1.165) is 0 Å². The molecule has 0 aliphatic carbocycles. The third kappa shape index (κ3) is 4.09. The lowest BCUT2D eigenvalue weighted by molar-refractivity contribution is -0.146. The number of nitrogens with one attached hydrogen (secondary N) is 1. The van der Waals surface area contributed by atoms with Crippen LogP contribution in [0.3, 0.4) is 0 Å².